The van der Waals surface area contributed by atoms with Crippen molar-refractivity contribution in [3.05, 3.63) is 0 Å². The summed E-state index contributed by atoms with van der Waals surface area (Å²) in [6.45, 7) is 7.91. The molecule has 0 radical (unpaired) electrons. The van der Waals surface area contributed by atoms with Gasteiger partial charge >= 0.3 is 0 Å². The minimum atomic E-state index is -2.78. The monoisotopic (exact) mass is 221 g/mol. The molecule has 0 aliphatic heterocycles. The van der Waals surface area contributed by atoms with Crippen LogP contribution in [0.3, 0.4) is 0 Å². The van der Waals surface area contributed by atoms with Gasteiger partial charge in [0, 0.05) is 5.75 Å². The molecule has 86 valence electrons. The van der Waals surface area contributed by atoms with Gasteiger partial charge < -0.3 is 5.32 Å². The molecule has 0 aromatic heterocycles. The van der Waals surface area contributed by atoms with Gasteiger partial charge in [0.25, 0.3) is 0 Å². The normalized spacial score (nSPS) is 14.2. The second kappa shape index (κ2) is 7.23. The topological polar surface area (TPSA) is 46.2 Å². The van der Waals surface area contributed by atoms with E-state index in [-0.39, 0.29) is 0 Å². The van der Waals surface area contributed by atoms with Gasteiger partial charge in [-0.2, -0.15) is 0 Å². The first-order valence-corrected chi connectivity index (χ1v) is 7.25. The fourth-order valence-electron chi connectivity index (χ4n) is 1.29. The first-order chi connectivity index (χ1) is 6.52. The maximum absolute atomic E-state index is 11.4. The summed E-state index contributed by atoms with van der Waals surface area (Å²) < 4.78 is 22.8. The molecule has 0 saturated heterocycles. The molecule has 1 atom stereocenters. The zero-order valence-corrected chi connectivity index (χ0v) is 10.4. The van der Waals surface area contributed by atoms with Gasteiger partial charge in [-0.3, -0.25) is 0 Å². The molecular weight excluding hydrogens is 198 g/mol. The number of sulfone groups is 1. The summed E-state index contributed by atoms with van der Waals surface area (Å²) in [7, 11) is -2.78. The average molecular weight is 221 g/mol. The molecule has 0 aromatic rings. The molecule has 1 unspecified atom stereocenters. The molecule has 0 amide bonds. The summed E-state index contributed by atoms with van der Waals surface area (Å²) in [4.78, 5) is 0. The number of rotatable bonds is 8. The Hall–Kier alpha value is -0.0900. The summed E-state index contributed by atoms with van der Waals surface area (Å²) in [6.07, 6.45) is 1.50. The Bertz CT molecular complexity index is 224. The maximum atomic E-state index is 11.4. The van der Waals surface area contributed by atoms with Crippen LogP contribution in [0.2, 0.25) is 0 Å². The SMILES string of the molecule is CCCS(=O)(=O)CCC(C)CNCC. The van der Waals surface area contributed by atoms with Gasteiger partial charge in [0.15, 0.2) is 0 Å². The van der Waals surface area contributed by atoms with Crippen molar-refractivity contribution in [3.8, 4) is 0 Å². The van der Waals surface area contributed by atoms with Crippen molar-refractivity contribution in [2.45, 2.75) is 33.6 Å². The zero-order valence-electron chi connectivity index (χ0n) is 9.54. The lowest BCUT2D eigenvalue weighted by Gasteiger charge is -2.11. The quantitative estimate of drug-likeness (QED) is 0.675. The van der Waals surface area contributed by atoms with E-state index in [1.54, 1.807) is 0 Å². The van der Waals surface area contributed by atoms with Crippen molar-refractivity contribution in [1.29, 1.82) is 0 Å². The van der Waals surface area contributed by atoms with Crippen LogP contribution < -0.4 is 5.32 Å². The highest BCUT2D eigenvalue weighted by atomic mass is 32.2. The van der Waals surface area contributed by atoms with E-state index in [9.17, 15) is 8.42 Å². The van der Waals surface area contributed by atoms with E-state index >= 15 is 0 Å². The fourth-order valence-corrected chi connectivity index (χ4v) is 2.87. The molecule has 0 aliphatic carbocycles. The first-order valence-electron chi connectivity index (χ1n) is 5.43. The largest absolute Gasteiger partial charge is 0.317 e. The van der Waals surface area contributed by atoms with Crippen molar-refractivity contribution < 1.29 is 8.42 Å². The molecular formula is C10H23NO2S. The molecule has 0 heterocycles. The van der Waals surface area contributed by atoms with E-state index in [2.05, 4.69) is 19.2 Å². The van der Waals surface area contributed by atoms with Crippen LogP contribution in [-0.4, -0.2) is 33.0 Å². The second-order valence-electron chi connectivity index (χ2n) is 3.85. The van der Waals surface area contributed by atoms with Crippen LogP contribution in [0, 0.1) is 5.92 Å². The summed E-state index contributed by atoms with van der Waals surface area (Å²) in [5, 5.41) is 3.22. The Kier molecular flexibility index (Phi) is 7.19. The van der Waals surface area contributed by atoms with Crippen molar-refractivity contribution >= 4 is 9.84 Å². The molecule has 0 rings (SSSR count). The van der Waals surface area contributed by atoms with Crippen LogP contribution in [0.5, 0.6) is 0 Å². The molecule has 0 bridgehead atoms. The number of hydrogen-bond acceptors (Lipinski definition) is 3. The van der Waals surface area contributed by atoms with E-state index in [4.69, 9.17) is 0 Å². The van der Waals surface area contributed by atoms with Gasteiger partial charge in [-0.05, 0) is 31.8 Å². The molecule has 0 saturated carbocycles. The van der Waals surface area contributed by atoms with Gasteiger partial charge in [-0.1, -0.05) is 20.8 Å². The highest BCUT2D eigenvalue weighted by Gasteiger charge is 2.11. The third-order valence-corrected chi connectivity index (χ3v) is 4.07. The highest BCUT2D eigenvalue weighted by Crippen LogP contribution is 2.04. The second-order valence-corrected chi connectivity index (χ2v) is 6.16. The van der Waals surface area contributed by atoms with Gasteiger partial charge in [-0.15, -0.1) is 0 Å². The van der Waals surface area contributed by atoms with Crippen LogP contribution in [0.25, 0.3) is 0 Å². The lowest BCUT2D eigenvalue weighted by molar-refractivity contribution is 0.504. The highest BCUT2D eigenvalue weighted by molar-refractivity contribution is 7.91. The predicted molar refractivity (Wildman–Crippen MR) is 61.3 cm³/mol. The van der Waals surface area contributed by atoms with Crippen LogP contribution >= 0.6 is 0 Å². The summed E-state index contributed by atoms with van der Waals surface area (Å²) in [5.41, 5.74) is 0. The predicted octanol–water partition coefficient (Wildman–Crippen LogP) is 1.45. The Morgan fingerprint density at radius 2 is 1.86 bits per heavy atom. The van der Waals surface area contributed by atoms with E-state index < -0.39 is 9.84 Å². The van der Waals surface area contributed by atoms with E-state index in [1.165, 1.54) is 0 Å². The Balaban J connectivity index is 3.70. The van der Waals surface area contributed by atoms with Crippen molar-refractivity contribution in [2.24, 2.45) is 5.92 Å². The maximum Gasteiger partial charge on any atom is 0.150 e. The van der Waals surface area contributed by atoms with Crippen molar-refractivity contribution in [1.82, 2.24) is 5.32 Å². The smallest absolute Gasteiger partial charge is 0.150 e. The molecule has 3 nitrogen and oxygen atoms in total. The van der Waals surface area contributed by atoms with Gasteiger partial charge in [0.05, 0.1) is 5.75 Å². The minimum Gasteiger partial charge on any atom is -0.317 e. The summed E-state index contributed by atoms with van der Waals surface area (Å²) >= 11 is 0. The van der Waals surface area contributed by atoms with Crippen LogP contribution in [0.15, 0.2) is 0 Å². The van der Waals surface area contributed by atoms with Gasteiger partial charge in [0.1, 0.15) is 9.84 Å². The Morgan fingerprint density at radius 3 is 2.36 bits per heavy atom. The van der Waals surface area contributed by atoms with Crippen LogP contribution in [-0.2, 0) is 9.84 Å². The molecule has 0 fully saturated rings. The molecule has 0 spiro atoms. The van der Waals surface area contributed by atoms with E-state index in [0.29, 0.717) is 17.4 Å². The Morgan fingerprint density at radius 1 is 1.21 bits per heavy atom. The first kappa shape index (κ1) is 13.9. The molecule has 0 aromatic carbocycles. The van der Waals surface area contributed by atoms with Crippen LogP contribution in [0.4, 0.5) is 0 Å². The zero-order chi connectivity index (χ0) is 11.0. The fraction of sp³-hybridized carbons (Fsp3) is 1.00. The average Bonchev–Trinajstić information content (AvgIpc) is 2.11. The lowest BCUT2D eigenvalue weighted by Crippen LogP contribution is -2.23. The van der Waals surface area contributed by atoms with E-state index in [1.807, 2.05) is 6.92 Å². The van der Waals surface area contributed by atoms with Crippen molar-refractivity contribution in [3.63, 3.8) is 0 Å². The van der Waals surface area contributed by atoms with Crippen molar-refractivity contribution in [2.75, 3.05) is 24.6 Å². The standard InChI is InChI=1S/C10H23NO2S/c1-4-7-14(12,13)8-6-10(3)9-11-5-2/h10-11H,4-9H2,1-3H3. The molecule has 4 heteroatoms. The summed E-state index contributed by atoms with van der Waals surface area (Å²) in [5.74, 6) is 1.12. The minimum absolute atomic E-state index is 0.334. The number of nitrogens with one attached hydrogen (secondary N) is 1. The van der Waals surface area contributed by atoms with Crippen LogP contribution in [0.1, 0.15) is 33.6 Å². The van der Waals surface area contributed by atoms with E-state index in [0.717, 1.165) is 25.9 Å². The molecule has 14 heavy (non-hydrogen) atoms. The third-order valence-electron chi connectivity index (χ3n) is 2.18. The van der Waals surface area contributed by atoms with Gasteiger partial charge in [-0.25, -0.2) is 8.42 Å². The lowest BCUT2D eigenvalue weighted by atomic mass is 10.1. The van der Waals surface area contributed by atoms with Gasteiger partial charge in [0.2, 0.25) is 0 Å². The Labute approximate surface area is 88.2 Å². The summed E-state index contributed by atoms with van der Waals surface area (Å²) in [6, 6.07) is 0. The number of hydrogen-bond donors (Lipinski definition) is 1. The molecule has 0 aliphatic rings. The molecule has 1 N–H and O–H groups in total. The third kappa shape index (κ3) is 7.33.